The van der Waals surface area contributed by atoms with Gasteiger partial charge in [0.1, 0.15) is 17.8 Å². The molecule has 0 amide bonds. The number of aliphatic hydroxyl groups excluding tert-OH is 1. The molecule has 2 aromatic heterocycles. The minimum Gasteiger partial charge on any atom is -0.389 e. The second kappa shape index (κ2) is 7.28. The van der Waals surface area contributed by atoms with Gasteiger partial charge in [-0.15, -0.1) is 0 Å². The van der Waals surface area contributed by atoms with E-state index in [2.05, 4.69) is 39.0 Å². The van der Waals surface area contributed by atoms with Crippen molar-refractivity contribution in [3.8, 4) is 5.82 Å². The Morgan fingerprint density at radius 2 is 1.83 bits per heavy atom. The number of fused-ring (bicyclic) bond motifs is 1. The minimum absolute atomic E-state index is 0.0979. The van der Waals surface area contributed by atoms with E-state index in [1.165, 1.54) is 0 Å². The minimum atomic E-state index is -0.873. The molecule has 2 aliphatic rings. The lowest BCUT2D eigenvalue weighted by atomic mass is 9.85. The molecular formula is C22H27FN6O. The number of nitrogens with zero attached hydrogens (tertiary/aromatic N) is 6. The van der Waals surface area contributed by atoms with Gasteiger partial charge in [-0.25, -0.2) is 19.0 Å². The molecule has 0 saturated carbocycles. The molecule has 0 aliphatic carbocycles. The first-order valence-electron chi connectivity index (χ1n) is 10.5. The van der Waals surface area contributed by atoms with Crippen molar-refractivity contribution in [3.63, 3.8) is 0 Å². The Bertz CT molecular complexity index is 1090. The molecule has 2 fully saturated rings. The van der Waals surface area contributed by atoms with E-state index in [1.807, 2.05) is 35.8 Å². The van der Waals surface area contributed by atoms with Gasteiger partial charge in [-0.3, -0.25) is 0 Å². The Morgan fingerprint density at radius 3 is 2.57 bits per heavy atom. The maximum atomic E-state index is 14.9. The fraction of sp³-hybridized carbons (Fsp3) is 0.500. The summed E-state index contributed by atoms with van der Waals surface area (Å²) in [5, 5.41) is 15.2. The second-order valence-corrected chi connectivity index (χ2v) is 8.69. The standard InChI is InChI=1S/C22H27FN6O/c1-13-6-15-9-24-29(20(15)7-18(13)17-4-5-27(3)12-19(17)23)22-8-21(25-14(2)26-22)28-10-16(30)11-28/h6-9,16-17,19,30H,4-5,10-12H2,1-3H3/t17-,19-/m1/s1. The zero-order chi connectivity index (χ0) is 21.0. The fourth-order valence-corrected chi connectivity index (χ4v) is 4.64. The van der Waals surface area contributed by atoms with Gasteiger partial charge in [0.25, 0.3) is 0 Å². The molecule has 0 radical (unpaired) electrons. The van der Waals surface area contributed by atoms with Crippen LogP contribution in [0.5, 0.6) is 0 Å². The number of anilines is 1. The van der Waals surface area contributed by atoms with Crippen molar-refractivity contribution in [2.75, 3.05) is 38.1 Å². The number of alkyl halides is 1. The monoisotopic (exact) mass is 410 g/mol. The number of likely N-dealkylation sites (tertiary alicyclic amines) is 1. The van der Waals surface area contributed by atoms with Crippen LogP contribution in [0, 0.1) is 13.8 Å². The van der Waals surface area contributed by atoms with Gasteiger partial charge >= 0.3 is 0 Å². The summed E-state index contributed by atoms with van der Waals surface area (Å²) < 4.78 is 16.7. The van der Waals surface area contributed by atoms with Crippen molar-refractivity contribution in [1.29, 1.82) is 0 Å². The second-order valence-electron chi connectivity index (χ2n) is 8.69. The van der Waals surface area contributed by atoms with Crippen LogP contribution in [0.2, 0.25) is 0 Å². The van der Waals surface area contributed by atoms with Crippen molar-refractivity contribution in [2.24, 2.45) is 0 Å². The number of aryl methyl sites for hydroxylation is 2. The van der Waals surface area contributed by atoms with Crippen molar-refractivity contribution >= 4 is 16.7 Å². The van der Waals surface area contributed by atoms with Gasteiger partial charge in [0.15, 0.2) is 5.82 Å². The maximum Gasteiger partial charge on any atom is 0.159 e. The van der Waals surface area contributed by atoms with Crippen molar-refractivity contribution in [1.82, 2.24) is 24.6 Å². The lowest BCUT2D eigenvalue weighted by molar-refractivity contribution is 0.139. The van der Waals surface area contributed by atoms with Gasteiger partial charge in [0.05, 0.1) is 17.8 Å². The third kappa shape index (κ3) is 3.33. The number of halogens is 1. The molecule has 158 valence electrons. The largest absolute Gasteiger partial charge is 0.389 e. The number of β-amino-alcohol motifs (C(OH)–C–C–N with tert-alkyl or cyclic N) is 1. The molecule has 1 N–H and O–H groups in total. The van der Waals surface area contributed by atoms with E-state index < -0.39 is 6.17 Å². The molecule has 30 heavy (non-hydrogen) atoms. The summed E-state index contributed by atoms with van der Waals surface area (Å²) in [6, 6.07) is 6.09. The van der Waals surface area contributed by atoms with Crippen LogP contribution in [0.15, 0.2) is 24.4 Å². The van der Waals surface area contributed by atoms with Crippen LogP contribution < -0.4 is 4.90 Å². The van der Waals surface area contributed by atoms with Crippen LogP contribution in [0.25, 0.3) is 16.7 Å². The first kappa shape index (κ1) is 19.4. The smallest absolute Gasteiger partial charge is 0.159 e. The summed E-state index contributed by atoms with van der Waals surface area (Å²) in [7, 11) is 1.97. The molecule has 0 unspecified atom stereocenters. The molecular weight excluding hydrogens is 383 g/mol. The lowest BCUT2D eigenvalue weighted by Crippen LogP contribution is -2.51. The molecule has 5 rings (SSSR count). The Balaban J connectivity index is 1.56. The van der Waals surface area contributed by atoms with Crippen LogP contribution in [-0.2, 0) is 0 Å². The van der Waals surface area contributed by atoms with Gasteiger partial charge in [-0.05, 0) is 57.1 Å². The number of aromatic nitrogens is 4. The Hall–Kier alpha value is -2.58. The quantitative estimate of drug-likeness (QED) is 0.715. The van der Waals surface area contributed by atoms with Gasteiger partial charge < -0.3 is 14.9 Å². The van der Waals surface area contributed by atoms with Crippen LogP contribution in [0.4, 0.5) is 10.2 Å². The summed E-state index contributed by atoms with van der Waals surface area (Å²) in [5.41, 5.74) is 3.09. The Kier molecular flexibility index (Phi) is 4.71. The topological polar surface area (TPSA) is 70.3 Å². The van der Waals surface area contributed by atoms with E-state index in [1.54, 1.807) is 0 Å². The summed E-state index contributed by atoms with van der Waals surface area (Å²) >= 11 is 0. The predicted octanol–water partition coefficient (Wildman–Crippen LogP) is 2.37. The zero-order valence-corrected chi connectivity index (χ0v) is 17.6. The highest BCUT2D eigenvalue weighted by Gasteiger charge is 2.30. The van der Waals surface area contributed by atoms with Crippen molar-refractivity contribution in [2.45, 2.75) is 38.5 Å². The molecule has 4 heterocycles. The van der Waals surface area contributed by atoms with E-state index >= 15 is 0 Å². The molecule has 2 aliphatic heterocycles. The third-order valence-corrected chi connectivity index (χ3v) is 6.31. The normalized spacial score (nSPS) is 23.2. The van der Waals surface area contributed by atoms with Crippen molar-refractivity contribution in [3.05, 3.63) is 41.3 Å². The first-order chi connectivity index (χ1) is 14.4. The summed E-state index contributed by atoms with van der Waals surface area (Å²) in [6.07, 6.45) is 1.47. The molecule has 2 saturated heterocycles. The van der Waals surface area contributed by atoms with E-state index in [9.17, 15) is 9.50 Å². The molecule has 7 nitrogen and oxygen atoms in total. The Morgan fingerprint density at radius 1 is 1.07 bits per heavy atom. The number of benzene rings is 1. The molecule has 2 atom stereocenters. The summed E-state index contributed by atoms with van der Waals surface area (Å²) in [6.45, 7) is 6.44. The average molecular weight is 410 g/mol. The number of hydrogen-bond acceptors (Lipinski definition) is 6. The van der Waals surface area contributed by atoms with E-state index in [-0.39, 0.29) is 12.0 Å². The number of hydrogen-bond donors (Lipinski definition) is 1. The number of rotatable bonds is 3. The molecule has 0 bridgehead atoms. The molecule has 8 heteroatoms. The maximum absolute atomic E-state index is 14.9. The highest BCUT2D eigenvalue weighted by molar-refractivity contribution is 5.82. The van der Waals surface area contributed by atoms with Crippen LogP contribution >= 0.6 is 0 Å². The van der Waals surface area contributed by atoms with Crippen molar-refractivity contribution < 1.29 is 9.50 Å². The van der Waals surface area contributed by atoms with Crippen LogP contribution in [-0.4, -0.2) is 75.3 Å². The van der Waals surface area contributed by atoms with E-state index in [0.29, 0.717) is 31.3 Å². The van der Waals surface area contributed by atoms with Crippen LogP contribution in [0.1, 0.15) is 29.3 Å². The SMILES string of the molecule is Cc1nc(N2CC(O)C2)cc(-n2ncc3cc(C)c([C@H]4CCN(C)C[C@H]4F)cc32)n1. The van der Waals surface area contributed by atoms with Gasteiger partial charge in [0.2, 0.25) is 0 Å². The molecule has 3 aromatic rings. The van der Waals surface area contributed by atoms with E-state index in [0.717, 1.165) is 40.8 Å². The van der Waals surface area contributed by atoms with Gasteiger partial charge in [-0.2, -0.15) is 5.10 Å². The lowest BCUT2D eigenvalue weighted by Gasteiger charge is -2.36. The van der Waals surface area contributed by atoms with Gasteiger partial charge in [0, 0.05) is 37.0 Å². The first-order valence-corrected chi connectivity index (χ1v) is 10.5. The predicted molar refractivity (Wildman–Crippen MR) is 114 cm³/mol. The zero-order valence-electron chi connectivity index (χ0n) is 17.6. The summed E-state index contributed by atoms with van der Waals surface area (Å²) in [4.78, 5) is 13.2. The highest BCUT2D eigenvalue weighted by atomic mass is 19.1. The third-order valence-electron chi connectivity index (χ3n) is 6.31. The van der Waals surface area contributed by atoms with E-state index in [4.69, 9.17) is 0 Å². The Labute approximate surface area is 175 Å². The number of piperidine rings is 1. The molecule has 0 spiro atoms. The average Bonchev–Trinajstić information content (AvgIpc) is 3.07. The number of aliphatic hydroxyl groups is 1. The molecule has 1 aromatic carbocycles. The van der Waals surface area contributed by atoms with Crippen LogP contribution in [0.3, 0.4) is 0 Å². The fourth-order valence-electron chi connectivity index (χ4n) is 4.64. The summed E-state index contributed by atoms with van der Waals surface area (Å²) in [5.74, 6) is 2.03. The highest BCUT2D eigenvalue weighted by Crippen LogP contribution is 2.35. The van der Waals surface area contributed by atoms with Gasteiger partial charge in [-0.1, -0.05) is 0 Å².